The third-order valence-corrected chi connectivity index (χ3v) is 0.959. The summed E-state index contributed by atoms with van der Waals surface area (Å²) in [6, 6.07) is 0. The fraction of sp³-hybridized carbons (Fsp3) is 0.333. The van der Waals surface area contributed by atoms with Gasteiger partial charge in [0.25, 0.3) is 0 Å². The molecule has 1 aromatic heterocycles. The number of aromatic nitrogens is 3. The molecule has 66 valence electrons. The minimum Gasteiger partial charge on any atom is -0.260 e. The second-order valence-electron chi connectivity index (χ2n) is 2.05. The fourth-order valence-electron chi connectivity index (χ4n) is 0.516. The van der Waals surface area contributed by atoms with Crippen molar-refractivity contribution in [3.05, 3.63) is 30.4 Å². The largest absolute Gasteiger partial charge is 0.260 e. The van der Waals surface area contributed by atoms with Crippen LogP contribution in [0.3, 0.4) is 0 Å². The number of nitrogens with one attached hydrogen (secondary N) is 1. The van der Waals surface area contributed by atoms with Gasteiger partial charge in [-0.1, -0.05) is 32.1 Å². The van der Waals surface area contributed by atoms with Crippen LogP contribution in [0.4, 0.5) is 0 Å². The predicted octanol–water partition coefficient (Wildman–Crippen LogP) is 2.42. The molecular formula is C9H15N3. The van der Waals surface area contributed by atoms with E-state index in [4.69, 9.17) is 0 Å². The summed E-state index contributed by atoms with van der Waals surface area (Å²) in [6.45, 7) is 9.63. The van der Waals surface area contributed by atoms with Crippen molar-refractivity contribution in [3.63, 3.8) is 0 Å². The van der Waals surface area contributed by atoms with Crippen LogP contribution in [-0.4, -0.2) is 15.2 Å². The van der Waals surface area contributed by atoms with Gasteiger partial charge in [0, 0.05) is 0 Å². The smallest absolute Gasteiger partial charge is 0.148 e. The Morgan fingerprint density at radius 2 is 2.25 bits per heavy atom. The van der Waals surface area contributed by atoms with Crippen molar-refractivity contribution < 1.29 is 0 Å². The summed E-state index contributed by atoms with van der Waals surface area (Å²) < 4.78 is 0. The molecule has 0 spiro atoms. The summed E-state index contributed by atoms with van der Waals surface area (Å²) in [6.07, 6.45) is 5.17. The number of nitrogens with zero attached hydrogens (tertiary/aromatic N) is 2. The van der Waals surface area contributed by atoms with Gasteiger partial charge in [-0.25, -0.2) is 4.98 Å². The zero-order valence-corrected chi connectivity index (χ0v) is 7.83. The molecule has 1 heterocycles. The van der Waals surface area contributed by atoms with E-state index in [1.54, 1.807) is 0 Å². The van der Waals surface area contributed by atoms with E-state index in [2.05, 4.69) is 21.8 Å². The molecule has 3 nitrogen and oxygen atoms in total. The molecule has 0 atom stereocenters. The predicted molar refractivity (Wildman–Crippen MR) is 51.6 cm³/mol. The maximum Gasteiger partial charge on any atom is 0.148 e. The molecule has 0 aliphatic rings. The molecule has 1 rings (SSSR count). The van der Waals surface area contributed by atoms with Crippen LogP contribution in [0.2, 0.25) is 0 Å². The number of rotatable bonds is 2. The van der Waals surface area contributed by atoms with Crippen LogP contribution in [0.15, 0.2) is 24.6 Å². The summed E-state index contributed by atoms with van der Waals surface area (Å²) in [5.74, 6) is 0.753. The molecule has 1 N–H and O–H groups in total. The van der Waals surface area contributed by atoms with Gasteiger partial charge in [0.2, 0.25) is 0 Å². The van der Waals surface area contributed by atoms with Gasteiger partial charge in [-0.05, 0) is 13.0 Å². The molecule has 0 saturated heterocycles. The molecular weight excluding hydrogens is 150 g/mol. The first-order valence-corrected chi connectivity index (χ1v) is 3.98. The Morgan fingerprint density at radius 1 is 1.58 bits per heavy atom. The van der Waals surface area contributed by atoms with Gasteiger partial charge in [0.05, 0.1) is 0 Å². The topological polar surface area (TPSA) is 41.6 Å². The summed E-state index contributed by atoms with van der Waals surface area (Å²) in [7, 11) is 0. The Morgan fingerprint density at radius 3 is 2.67 bits per heavy atom. The second kappa shape index (κ2) is 6.34. The van der Waals surface area contributed by atoms with Crippen LogP contribution < -0.4 is 0 Å². The molecule has 0 bridgehead atoms. The maximum atomic E-state index is 3.89. The summed E-state index contributed by atoms with van der Waals surface area (Å²) >= 11 is 0. The SMILES string of the molecule is C=C(C)/C=C\c1ncn[nH]1.CC. The van der Waals surface area contributed by atoms with Gasteiger partial charge in [0.15, 0.2) is 0 Å². The van der Waals surface area contributed by atoms with Gasteiger partial charge in [-0.3, -0.25) is 5.10 Å². The lowest BCUT2D eigenvalue weighted by molar-refractivity contribution is 1.08. The van der Waals surface area contributed by atoms with E-state index < -0.39 is 0 Å². The van der Waals surface area contributed by atoms with E-state index in [9.17, 15) is 0 Å². The van der Waals surface area contributed by atoms with Crippen LogP contribution in [-0.2, 0) is 0 Å². The average Bonchev–Trinajstić information content (AvgIpc) is 2.56. The highest BCUT2D eigenvalue weighted by atomic mass is 15.2. The molecule has 0 aliphatic heterocycles. The van der Waals surface area contributed by atoms with Crippen molar-refractivity contribution in [2.75, 3.05) is 0 Å². The lowest BCUT2D eigenvalue weighted by Gasteiger charge is -1.82. The Bertz CT molecular complexity index is 234. The average molecular weight is 165 g/mol. The van der Waals surface area contributed by atoms with E-state index in [-0.39, 0.29) is 0 Å². The first kappa shape index (κ1) is 10.6. The van der Waals surface area contributed by atoms with Gasteiger partial charge < -0.3 is 0 Å². The molecule has 0 aromatic carbocycles. The highest BCUT2D eigenvalue weighted by Crippen LogP contribution is 1.94. The summed E-state index contributed by atoms with van der Waals surface area (Å²) in [4.78, 5) is 3.89. The molecule has 1 aromatic rings. The van der Waals surface area contributed by atoms with Gasteiger partial charge in [-0.15, -0.1) is 0 Å². The molecule has 3 heteroatoms. The van der Waals surface area contributed by atoms with Crippen molar-refractivity contribution in [1.82, 2.24) is 15.2 Å². The number of hydrogen-bond acceptors (Lipinski definition) is 2. The van der Waals surface area contributed by atoms with E-state index in [1.807, 2.05) is 32.9 Å². The first-order chi connectivity index (χ1) is 5.79. The normalized spacial score (nSPS) is 9.25. The minimum atomic E-state index is 0.753. The Hall–Kier alpha value is -1.38. The molecule has 0 fully saturated rings. The third-order valence-electron chi connectivity index (χ3n) is 0.959. The quantitative estimate of drug-likeness (QED) is 0.684. The zero-order valence-electron chi connectivity index (χ0n) is 7.83. The lowest BCUT2D eigenvalue weighted by atomic mass is 10.3. The lowest BCUT2D eigenvalue weighted by Crippen LogP contribution is -1.73. The highest BCUT2D eigenvalue weighted by Gasteiger charge is 1.84. The van der Waals surface area contributed by atoms with Gasteiger partial charge in [-0.2, -0.15) is 5.10 Å². The number of allylic oxidation sites excluding steroid dienone is 2. The van der Waals surface area contributed by atoms with Crippen LogP contribution in [0.5, 0.6) is 0 Å². The van der Waals surface area contributed by atoms with Crippen molar-refractivity contribution in [2.24, 2.45) is 0 Å². The number of H-pyrrole nitrogens is 1. The van der Waals surface area contributed by atoms with E-state index in [1.165, 1.54) is 6.33 Å². The second-order valence-corrected chi connectivity index (χ2v) is 2.05. The number of aromatic amines is 1. The zero-order chi connectivity index (χ0) is 9.40. The van der Waals surface area contributed by atoms with Crippen LogP contribution in [0.25, 0.3) is 6.08 Å². The number of hydrogen-bond donors (Lipinski definition) is 1. The summed E-state index contributed by atoms with van der Waals surface area (Å²) in [5, 5.41) is 6.39. The highest BCUT2D eigenvalue weighted by molar-refractivity contribution is 5.43. The first-order valence-electron chi connectivity index (χ1n) is 3.98. The van der Waals surface area contributed by atoms with Crippen molar-refractivity contribution >= 4 is 6.08 Å². The van der Waals surface area contributed by atoms with E-state index in [0.717, 1.165) is 11.4 Å². The standard InChI is InChI=1S/C7H9N3.C2H6/c1-6(2)3-4-7-8-5-9-10-7;1-2/h3-5H,1H2,2H3,(H,8,9,10);1-2H3/b4-3-;. The fourth-order valence-corrected chi connectivity index (χ4v) is 0.516. The minimum absolute atomic E-state index is 0.753. The van der Waals surface area contributed by atoms with Gasteiger partial charge >= 0.3 is 0 Å². The molecule has 12 heavy (non-hydrogen) atoms. The van der Waals surface area contributed by atoms with Crippen LogP contribution in [0.1, 0.15) is 26.6 Å². The third kappa shape index (κ3) is 4.44. The van der Waals surface area contributed by atoms with Crippen molar-refractivity contribution in [1.29, 1.82) is 0 Å². The Balaban J connectivity index is 0.000000561. The van der Waals surface area contributed by atoms with Gasteiger partial charge in [0.1, 0.15) is 12.2 Å². The van der Waals surface area contributed by atoms with E-state index in [0.29, 0.717) is 0 Å². The van der Waals surface area contributed by atoms with Crippen LogP contribution in [0, 0.1) is 0 Å². The monoisotopic (exact) mass is 165 g/mol. The Kier molecular flexibility index (Phi) is 5.61. The molecule has 0 aliphatic carbocycles. The van der Waals surface area contributed by atoms with Crippen molar-refractivity contribution in [2.45, 2.75) is 20.8 Å². The maximum absolute atomic E-state index is 3.89. The summed E-state index contributed by atoms with van der Waals surface area (Å²) in [5.41, 5.74) is 0.997. The van der Waals surface area contributed by atoms with Crippen molar-refractivity contribution in [3.8, 4) is 0 Å². The molecule has 0 amide bonds. The molecule has 0 radical (unpaired) electrons. The Labute approximate surface area is 73.2 Å². The molecule has 0 unspecified atom stereocenters. The van der Waals surface area contributed by atoms with E-state index >= 15 is 0 Å². The van der Waals surface area contributed by atoms with Crippen LogP contribution >= 0.6 is 0 Å². The molecule has 0 saturated carbocycles.